The van der Waals surface area contributed by atoms with E-state index in [0.29, 0.717) is 48.6 Å². The van der Waals surface area contributed by atoms with Gasteiger partial charge in [0.25, 0.3) is 0 Å². The monoisotopic (exact) mass is 746 g/mol. The molecule has 2 aliphatic rings. The molecule has 0 saturated heterocycles. The molecule has 53 heavy (non-hydrogen) atoms. The molecule has 4 rings (SSSR count). The highest BCUT2D eigenvalue weighted by molar-refractivity contribution is 5.75. The maximum atomic E-state index is 11.7. The van der Waals surface area contributed by atoms with Crippen molar-refractivity contribution in [2.45, 2.75) is 206 Å². The van der Waals surface area contributed by atoms with Gasteiger partial charge in [-0.2, -0.15) is 9.97 Å². The number of carboxylic acids is 1. The maximum absolute atomic E-state index is 11.7. The second-order valence-corrected chi connectivity index (χ2v) is 15.5. The van der Waals surface area contributed by atoms with Crippen LogP contribution in [0.1, 0.15) is 204 Å². The molecule has 0 aliphatic heterocycles. The largest absolute Gasteiger partial charge is 0.481 e. The molecule has 0 aromatic carbocycles. The van der Waals surface area contributed by atoms with Crippen LogP contribution in [0.25, 0.3) is 0 Å². The number of carbonyl (C=O) groups excluding carboxylic acids is 1. The summed E-state index contributed by atoms with van der Waals surface area (Å²) in [6.45, 7) is 9.74. The third kappa shape index (κ3) is 17.4. The minimum absolute atomic E-state index is 0.0618. The summed E-state index contributed by atoms with van der Waals surface area (Å²) < 4.78 is 10.9. The van der Waals surface area contributed by atoms with E-state index in [9.17, 15) is 14.7 Å². The van der Waals surface area contributed by atoms with Crippen molar-refractivity contribution in [2.75, 3.05) is 0 Å². The van der Waals surface area contributed by atoms with E-state index in [-0.39, 0.29) is 24.7 Å². The SMILES string of the molecule is CCC(CC)NCc1noc([C@H](CCCC2CCCCC2)CC(=O)NO)n1.CCC(CC)NCc1noc([C@H](CCCC2CCCCC2)CC(=O)O)n1. The molecule has 13 heteroatoms. The van der Waals surface area contributed by atoms with Crippen LogP contribution < -0.4 is 16.1 Å². The van der Waals surface area contributed by atoms with Crippen LogP contribution in [-0.4, -0.2) is 54.6 Å². The third-order valence-corrected chi connectivity index (χ3v) is 11.5. The highest BCUT2D eigenvalue weighted by atomic mass is 16.5. The molecule has 0 spiro atoms. The van der Waals surface area contributed by atoms with E-state index in [1.165, 1.54) is 77.0 Å². The Morgan fingerprint density at radius 1 is 0.679 bits per heavy atom. The van der Waals surface area contributed by atoms with Crippen LogP contribution in [0.5, 0.6) is 0 Å². The van der Waals surface area contributed by atoms with Crippen molar-refractivity contribution in [3.8, 4) is 0 Å². The van der Waals surface area contributed by atoms with Crippen LogP contribution in [0, 0.1) is 11.8 Å². The molecule has 2 aromatic rings. The number of hydrogen-bond donors (Lipinski definition) is 5. The number of hydroxylamine groups is 1. The van der Waals surface area contributed by atoms with E-state index < -0.39 is 11.9 Å². The van der Waals surface area contributed by atoms with Crippen LogP contribution in [0.2, 0.25) is 0 Å². The molecule has 2 aromatic heterocycles. The Hall–Kier alpha value is -2.90. The van der Waals surface area contributed by atoms with Gasteiger partial charge in [-0.1, -0.05) is 128 Å². The van der Waals surface area contributed by atoms with Crippen molar-refractivity contribution in [2.24, 2.45) is 11.8 Å². The summed E-state index contributed by atoms with van der Waals surface area (Å²) in [5.74, 6) is 2.33. The number of hydrogen-bond acceptors (Lipinski definition) is 11. The fraction of sp³-hybridized carbons (Fsp3) is 0.850. The zero-order valence-corrected chi connectivity index (χ0v) is 33.3. The van der Waals surface area contributed by atoms with Gasteiger partial charge in [-0.3, -0.25) is 14.8 Å². The molecule has 2 heterocycles. The van der Waals surface area contributed by atoms with Crippen LogP contribution in [0.15, 0.2) is 9.05 Å². The topological polar surface area (TPSA) is 189 Å². The minimum Gasteiger partial charge on any atom is -0.481 e. The number of nitrogens with zero attached hydrogens (tertiary/aromatic N) is 4. The lowest BCUT2D eigenvalue weighted by Crippen LogP contribution is -2.27. The van der Waals surface area contributed by atoms with Crippen molar-refractivity contribution in [3.63, 3.8) is 0 Å². The van der Waals surface area contributed by atoms with E-state index in [4.69, 9.17) is 14.3 Å². The summed E-state index contributed by atoms with van der Waals surface area (Å²) >= 11 is 0. The van der Waals surface area contributed by atoms with Gasteiger partial charge in [0.05, 0.1) is 19.5 Å². The Kier molecular flexibility index (Phi) is 21.8. The summed E-state index contributed by atoms with van der Waals surface area (Å²) in [6, 6.07) is 0.890. The van der Waals surface area contributed by atoms with E-state index in [0.717, 1.165) is 63.2 Å². The Morgan fingerprint density at radius 2 is 1.09 bits per heavy atom. The summed E-state index contributed by atoms with van der Waals surface area (Å²) in [5, 5.41) is 33.1. The van der Waals surface area contributed by atoms with Gasteiger partial charge in [0.2, 0.25) is 17.7 Å². The van der Waals surface area contributed by atoms with Gasteiger partial charge >= 0.3 is 5.97 Å². The van der Waals surface area contributed by atoms with Crippen molar-refractivity contribution in [3.05, 3.63) is 23.4 Å². The molecule has 0 radical (unpaired) electrons. The lowest BCUT2D eigenvalue weighted by molar-refractivity contribution is -0.137. The lowest BCUT2D eigenvalue weighted by Gasteiger charge is -2.22. The highest BCUT2D eigenvalue weighted by Crippen LogP contribution is 2.32. The first kappa shape index (κ1) is 44.5. The number of carbonyl (C=O) groups is 2. The number of amides is 1. The van der Waals surface area contributed by atoms with Crippen molar-refractivity contribution in [1.29, 1.82) is 0 Å². The molecule has 2 aliphatic carbocycles. The number of aromatic nitrogens is 4. The molecular formula is C40H71N7O6. The smallest absolute Gasteiger partial charge is 0.304 e. The Morgan fingerprint density at radius 3 is 1.47 bits per heavy atom. The Bertz CT molecular complexity index is 1250. The first-order valence-corrected chi connectivity index (χ1v) is 21.0. The van der Waals surface area contributed by atoms with Crippen LogP contribution in [0.4, 0.5) is 0 Å². The van der Waals surface area contributed by atoms with Crippen LogP contribution in [0.3, 0.4) is 0 Å². The minimum atomic E-state index is -0.803. The molecule has 302 valence electrons. The Labute approximate surface area is 318 Å². The molecule has 2 saturated carbocycles. The fourth-order valence-corrected chi connectivity index (χ4v) is 8.00. The predicted molar refractivity (Wildman–Crippen MR) is 204 cm³/mol. The molecule has 1 amide bonds. The third-order valence-electron chi connectivity index (χ3n) is 11.5. The van der Waals surface area contributed by atoms with Crippen molar-refractivity contribution >= 4 is 11.9 Å². The Balaban J connectivity index is 0.000000286. The summed E-state index contributed by atoms with van der Waals surface area (Å²) in [6.07, 6.45) is 24.0. The zero-order chi connectivity index (χ0) is 38.3. The summed E-state index contributed by atoms with van der Waals surface area (Å²) in [7, 11) is 0. The average Bonchev–Trinajstić information content (AvgIpc) is 3.86. The number of nitrogens with one attached hydrogen (secondary N) is 3. The summed E-state index contributed by atoms with van der Waals surface area (Å²) in [4.78, 5) is 31.9. The van der Waals surface area contributed by atoms with Gasteiger partial charge in [0, 0.05) is 30.3 Å². The number of carboxylic acid groups (broad SMARTS) is 1. The zero-order valence-electron chi connectivity index (χ0n) is 33.3. The van der Waals surface area contributed by atoms with Crippen molar-refractivity contribution < 1.29 is 28.9 Å². The molecular weight excluding hydrogens is 674 g/mol. The molecule has 5 N–H and O–H groups in total. The lowest BCUT2D eigenvalue weighted by atomic mass is 9.84. The van der Waals surface area contributed by atoms with Gasteiger partial charge in [0.1, 0.15) is 0 Å². The fourth-order valence-electron chi connectivity index (χ4n) is 8.00. The predicted octanol–water partition coefficient (Wildman–Crippen LogP) is 8.73. The van der Waals surface area contributed by atoms with Gasteiger partial charge in [-0.15, -0.1) is 0 Å². The molecule has 2 atom stereocenters. The second-order valence-electron chi connectivity index (χ2n) is 15.5. The average molecular weight is 746 g/mol. The first-order valence-electron chi connectivity index (χ1n) is 21.0. The van der Waals surface area contributed by atoms with Gasteiger partial charge in [-0.25, -0.2) is 5.48 Å². The van der Waals surface area contributed by atoms with Crippen LogP contribution >= 0.6 is 0 Å². The number of aliphatic carboxylic acids is 1. The van der Waals surface area contributed by atoms with Gasteiger partial charge in [0.15, 0.2) is 11.6 Å². The van der Waals surface area contributed by atoms with Crippen LogP contribution in [-0.2, 0) is 22.7 Å². The van der Waals surface area contributed by atoms with E-state index in [1.54, 1.807) is 5.48 Å². The molecule has 13 nitrogen and oxygen atoms in total. The number of rotatable bonds is 24. The first-order chi connectivity index (χ1) is 25.8. The highest BCUT2D eigenvalue weighted by Gasteiger charge is 2.25. The molecule has 0 unspecified atom stereocenters. The van der Waals surface area contributed by atoms with E-state index in [1.807, 2.05) is 0 Å². The normalized spacial score (nSPS) is 16.7. The molecule has 2 fully saturated rings. The van der Waals surface area contributed by atoms with E-state index >= 15 is 0 Å². The molecule has 0 bridgehead atoms. The standard InChI is InChI=1S/C20H36N4O3.C20H35N3O3/c1-3-17(4-2)21-14-18-22-20(27-24-18)16(13-19(25)23-26)12-8-11-15-9-6-5-7-10-15;1-3-17(4-2)21-14-18-22-20(26-23-18)16(13-19(24)25)12-8-11-15-9-6-5-7-10-15/h15-17,21,26H,3-14H2,1-2H3,(H,23,25);15-17,21H,3-14H2,1-2H3,(H,24,25)/t2*16-/m11/s1. The quantitative estimate of drug-likeness (QED) is 0.0508. The van der Waals surface area contributed by atoms with Gasteiger partial charge < -0.3 is 24.8 Å². The van der Waals surface area contributed by atoms with Gasteiger partial charge in [-0.05, 0) is 50.4 Å². The van der Waals surface area contributed by atoms with Crippen molar-refractivity contribution in [1.82, 2.24) is 36.4 Å². The second kappa shape index (κ2) is 26.0. The maximum Gasteiger partial charge on any atom is 0.304 e. The summed E-state index contributed by atoms with van der Waals surface area (Å²) in [5.41, 5.74) is 1.73. The van der Waals surface area contributed by atoms with E-state index in [2.05, 4.69) is 58.6 Å².